The van der Waals surface area contributed by atoms with Crippen molar-refractivity contribution in [2.75, 3.05) is 53.7 Å². The number of unbranched alkanes of at least 4 members (excludes halogenated alkanes) is 2. The van der Waals surface area contributed by atoms with Crippen LogP contribution in [-0.2, 0) is 102 Å². The van der Waals surface area contributed by atoms with E-state index in [-0.39, 0.29) is 148 Å². The smallest absolute Gasteiger partial charge is 0.253 e. The van der Waals surface area contributed by atoms with E-state index in [1.165, 1.54) is 12.2 Å². The van der Waals surface area contributed by atoms with Crippen LogP contribution in [-0.4, -0.2) is 227 Å². The normalized spacial score (nSPS) is 34.8. The molecule has 27 heteroatoms. The number of nitrogens with zero attached hydrogens (tertiary/aromatic N) is 1. The minimum absolute atomic E-state index is 0.0217. The van der Waals surface area contributed by atoms with Crippen molar-refractivity contribution in [2.24, 2.45) is 17.8 Å². The van der Waals surface area contributed by atoms with E-state index >= 15 is 0 Å². The van der Waals surface area contributed by atoms with Crippen LogP contribution in [0.5, 0.6) is 0 Å². The summed E-state index contributed by atoms with van der Waals surface area (Å²) in [5.41, 5.74) is 2.78. The largest absolute Gasteiger partial charge is 0.380 e. The number of hydrogen-bond donors (Lipinski definition) is 6. The van der Waals surface area contributed by atoms with Crippen molar-refractivity contribution in [1.29, 1.82) is 0 Å². The van der Waals surface area contributed by atoms with Gasteiger partial charge in [-0.1, -0.05) is 56.8 Å². The van der Waals surface area contributed by atoms with E-state index in [9.17, 15) is 43.2 Å². The molecule has 0 radical (unpaired) electrons. The lowest BCUT2D eigenvalue weighted by molar-refractivity contribution is -0.292. The third kappa shape index (κ3) is 17.9. The van der Waals surface area contributed by atoms with Gasteiger partial charge in [0.25, 0.3) is 11.8 Å². The van der Waals surface area contributed by atoms with E-state index in [1.54, 1.807) is 44.6 Å². The van der Waals surface area contributed by atoms with Crippen molar-refractivity contribution in [3.63, 3.8) is 0 Å². The van der Waals surface area contributed by atoms with Gasteiger partial charge in [-0.15, -0.1) is 0 Å². The SMILES string of the molecule is C=C1C[C@@H]2CC[C@@]34C[C@H]5OC6[C@@H](O[C@H]7CC[C@H](CC(=O)C[C@@H]8[C@@H](OC)[C@@H](C[C@@H](CNC(=O)[C@H](OCNC(=O)CNC(=O)[C@H](Cc9ccccc9)NC(=O)CNC(=O)CNC(=O)CCCCCN9C(=O)C=CC9=O)C9CC9)OC)O[C@H]8C[C@H]8O[C@@H](CC[C@@H]1O2)C[C@@H](C)C8=C)O[C@@H]7[C@@H]6O3)[C@H]5O4. The van der Waals surface area contributed by atoms with E-state index in [0.717, 1.165) is 61.0 Å². The Balaban J connectivity index is 0.616. The number of carbonyl (C=O) groups excluding carboxylic acids is 9. The maximum Gasteiger partial charge on any atom is 0.253 e. The molecule has 13 rings (SSSR count). The number of fused-ring (bicyclic) bond motifs is 6. The fourth-order valence-corrected chi connectivity index (χ4v) is 16.3. The van der Waals surface area contributed by atoms with E-state index in [2.05, 4.69) is 52.0 Å². The van der Waals surface area contributed by atoms with Crippen LogP contribution in [0.25, 0.3) is 0 Å². The number of ether oxygens (including phenoxy) is 11. The number of amides is 8. The van der Waals surface area contributed by atoms with E-state index < -0.39 is 104 Å². The highest BCUT2D eigenvalue weighted by Gasteiger charge is 2.69. The fourth-order valence-electron chi connectivity index (χ4n) is 16.3. The van der Waals surface area contributed by atoms with E-state index in [1.807, 2.05) is 0 Å². The monoisotopic (exact) mass is 1380 g/mol. The van der Waals surface area contributed by atoms with Crippen molar-refractivity contribution >= 4 is 53.0 Å². The highest BCUT2D eigenvalue weighted by atomic mass is 16.8. The summed E-state index contributed by atoms with van der Waals surface area (Å²) in [6.07, 6.45) is 7.32. The van der Waals surface area contributed by atoms with Gasteiger partial charge in [0.05, 0.1) is 86.8 Å². The molecule has 1 saturated carbocycles. The average Bonchev–Trinajstić information content (AvgIpc) is 1.55. The molecule has 1 aromatic rings. The summed E-state index contributed by atoms with van der Waals surface area (Å²) >= 11 is 0. The number of hydrogen-bond acceptors (Lipinski definition) is 20. The summed E-state index contributed by atoms with van der Waals surface area (Å²) in [6, 6.07) is 7.75. The Bertz CT molecular complexity index is 3150. The van der Waals surface area contributed by atoms with Gasteiger partial charge in [0.2, 0.25) is 35.4 Å². The Morgan fingerprint density at radius 3 is 2.13 bits per heavy atom. The third-order valence-corrected chi connectivity index (χ3v) is 21.8. The number of carbonyl (C=O) groups is 9. The zero-order chi connectivity index (χ0) is 69.5. The molecule has 11 heterocycles. The maximum absolute atomic E-state index is 14.7. The Labute approximate surface area is 577 Å². The highest BCUT2D eigenvalue weighted by molar-refractivity contribution is 6.12. The van der Waals surface area contributed by atoms with Gasteiger partial charge in [0.1, 0.15) is 55.2 Å². The molecular weight excluding hydrogens is 1280 g/mol. The number of ketones is 1. The van der Waals surface area contributed by atoms with Crippen LogP contribution >= 0.6 is 0 Å². The van der Waals surface area contributed by atoms with Crippen LogP contribution in [0.1, 0.15) is 134 Å². The maximum atomic E-state index is 14.7. The predicted molar refractivity (Wildman–Crippen MR) is 351 cm³/mol. The number of methoxy groups -OCH3 is 2. The molecule has 542 valence electrons. The third-order valence-electron chi connectivity index (χ3n) is 21.8. The molecule has 99 heavy (non-hydrogen) atoms. The molecule has 12 aliphatic rings. The Hall–Kier alpha value is -6.37. The molecule has 1 aliphatic carbocycles. The number of benzene rings is 1. The van der Waals surface area contributed by atoms with Crippen molar-refractivity contribution in [1.82, 2.24) is 36.8 Å². The molecule has 11 aliphatic heterocycles. The first kappa shape index (κ1) is 72.4. The lowest BCUT2D eigenvalue weighted by Gasteiger charge is -2.47. The molecule has 10 saturated heterocycles. The van der Waals surface area contributed by atoms with Crippen molar-refractivity contribution < 1.29 is 95.3 Å². The minimum atomic E-state index is -1.15. The van der Waals surface area contributed by atoms with Crippen LogP contribution in [0.3, 0.4) is 0 Å². The Morgan fingerprint density at radius 1 is 0.646 bits per heavy atom. The summed E-state index contributed by atoms with van der Waals surface area (Å²) < 4.78 is 73.4. The molecule has 8 amide bonds. The standard InChI is InChI=1S/C72H99N7O20/c1-39-26-45-17-19-51-40(2)27-47(92-51)23-24-72-33-56-66(98-72)67-68(97-56)69(99-72)65-52(96-67)20-18-46(94-65)29-44(80)30-49-54(32-53(93-45)41(39)3)95-55(64(49)90-5)31-48(89-4)34-75-71(88)63(43-15-16-43)91-38-77-59(83)36-76-70(87)50(28-42-12-8-6-9-13-42)78-60(84)37-74-58(82)35-73-57(81)14-10-7-11-25-79-61(85)21-22-62(79)86/h6,8-9,12-13,21-22,39,43,45-56,63-69H,2-3,7,10-11,14-20,23-38H2,1,4-5H3,(H,73,81)(H,74,82)(H,75,88)(H,76,87)(H,77,83)(H,78,84)/t39-,45+,46-,47+,48+,49+,50+,51+,52+,53-,54+,55-,56-,63-,64-,65+,66+,67+,68?,69+,72+/m1/s1. The van der Waals surface area contributed by atoms with Crippen molar-refractivity contribution in [3.05, 3.63) is 72.4 Å². The minimum Gasteiger partial charge on any atom is -0.380 e. The summed E-state index contributed by atoms with van der Waals surface area (Å²) in [4.78, 5) is 118. The summed E-state index contributed by atoms with van der Waals surface area (Å²) in [7, 11) is 3.20. The number of rotatable bonds is 27. The van der Waals surface area contributed by atoms with Crippen LogP contribution in [0.2, 0.25) is 0 Å². The molecule has 21 atom stereocenters. The second-order valence-corrected chi connectivity index (χ2v) is 28.9. The van der Waals surface area contributed by atoms with Gasteiger partial charge in [-0.2, -0.15) is 0 Å². The van der Waals surface area contributed by atoms with Gasteiger partial charge in [-0.05, 0) is 99.2 Å². The zero-order valence-electron chi connectivity index (χ0n) is 57.1. The van der Waals surface area contributed by atoms with Gasteiger partial charge in [-0.3, -0.25) is 48.1 Å². The molecule has 12 bridgehead atoms. The molecule has 1 aromatic carbocycles. The first-order valence-corrected chi connectivity index (χ1v) is 35.9. The lowest BCUT2D eigenvalue weighted by Crippen LogP contribution is -2.61. The van der Waals surface area contributed by atoms with Gasteiger partial charge < -0.3 is 84.0 Å². The molecule has 27 nitrogen and oxygen atoms in total. The lowest BCUT2D eigenvalue weighted by atomic mass is 9.81. The predicted octanol–water partition coefficient (Wildman–Crippen LogP) is 2.68. The number of nitrogens with one attached hydrogen (secondary N) is 6. The summed E-state index contributed by atoms with van der Waals surface area (Å²) in [5.74, 6) is -5.27. The molecular formula is C72H99N7O20. The molecule has 1 unspecified atom stereocenters. The van der Waals surface area contributed by atoms with Crippen molar-refractivity contribution in [3.8, 4) is 0 Å². The van der Waals surface area contributed by atoms with E-state index in [4.69, 9.17) is 52.1 Å². The average molecular weight is 1380 g/mol. The molecule has 1 spiro atoms. The van der Waals surface area contributed by atoms with Crippen LogP contribution < -0.4 is 31.9 Å². The second kappa shape index (κ2) is 32.7. The number of imide groups is 1. The zero-order valence-corrected chi connectivity index (χ0v) is 57.1. The molecule has 11 fully saturated rings. The number of Topliss-reactive ketones (excluding diaryl/α,β-unsaturated/α-hetero) is 1. The van der Waals surface area contributed by atoms with Crippen LogP contribution in [0, 0.1) is 17.8 Å². The van der Waals surface area contributed by atoms with Gasteiger partial charge in [0, 0.05) is 96.7 Å². The van der Waals surface area contributed by atoms with E-state index in [0.29, 0.717) is 63.4 Å². The Kier molecular flexibility index (Phi) is 23.9. The first-order chi connectivity index (χ1) is 47.8. The highest BCUT2D eigenvalue weighted by Crippen LogP contribution is 2.55. The van der Waals surface area contributed by atoms with Crippen LogP contribution in [0.15, 0.2) is 66.8 Å². The topological polar surface area (TPSA) is 331 Å². The molecule has 0 aromatic heterocycles. The molecule has 6 N–H and O–H groups in total. The summed E-state index contributed by atoms with van der Waals surface area (Å²) in [6.45, 7) is 9.83. The van der Waals surface area contributed by atoms with Gasteiger partial charge in [0.15, 0.2) is 5.79 Å². The first-order valence-electron chi connectivity index (χ1n) is 35.9. The van der Waals surface area contributed by atoms with Crippen LogP contribution in [0.4, 0.5) is 0 Å². The van der Waals surface area contributed by atoms with Gasteiger partial charge in [-0.25, -0.2) is 0 Å². The second-order valence-electron chi connectivity index (χ2n) is 28.9. The summed E-state index contributed by atoms with van der Waals surface area (Å²) in [5, 5.41) is 15.7. The van der Waals surface area contributed by atoms with Gasteiger partial charge >= 0.3 is 0 Å². The Morgan fingerprint density at radius 2 is 1.35 bits per heavy atom. The fraction of sp³-hybridized carbons (Fsp3) is 0.708. The van der Waals surface area contributed by atoms with Crippen molar-refractivity contribution in [2.45, 2.75) is 251 Å². The quantitative estimate of drug-likeness (QED) is 0.0319.